The van der Waals surface area contributed by atoms with Crippen LogP contribution in [0.5, 0.6) is 5.75 Å². The highest BCUT2D eigenvalue weighted by atomic mass is 19.4. The number of hydrogen-bond donors (Lipinski definition) is 1. The molecule has 1 amide bonds. The Balaban J connectivity index is 1.49. The molecule has 0 unspecified atom stereocenters. The highest BCUT2D eigenvalue weighted by Crippen LogP contribution is 2.34. The van der Waals surface area contributed by atoms with E-state index in [0.717, 1.165) is 37.0 Å². The third-order valence-corrected chi connectivity index (χ3v) is 5.80. The van der Waals surface area contributed by atoms with Crippen LogP contribution in [0.2, 0.25) is 0 Å². The normalized spacial score (nSPS) is 14.6. The number of alkyl halides is 3. The fourth-order valence-electron chi connectivity index (χ4n) is 4.01. The number of ether oxygens (including phenoxy) is 2. The van der Waals surface area contributed by atoms with Crippen molar-refractivity contribution in [2.45, 2.75) is 12.6 Å². The molecule has 1 aliphatic heterocycles. The van der Waals surface area contributed by atoms with E-state index in [0.29, 0.717) is 31.3 Å². The lowest BCUT2D eigenvalue weighted by atomic mass is 10.0. The lowest BCUT2D eigenvalue weighted by Crippen LogP contribution is -2.38. The molecule has 0 radical (unpaired) electrons. The van der Waals surface area contributed by atoms with Crippen LogP contribution in [-0.2, 0) is 29.2 Å². The summed E-state index contributed by atoms with van der Waals surface area (Å²) in [6.07, 6.45) is -3.26. The lowest BCUT2D eigenvalue weighted by Gasteiger charge is -2.26. The molecule has 1 aromatic heterocycles. The van der Waals surface area contributed by atoms with Gasteiger partial charge in [0, 0.05) is 44.1 Å². The van der Waals surface area contributed by atoms with E-state index in [-0.39, 0.29) is 5.56 Å². The molecule has 0 atom stereocenters. The summed E-state index contributed by atoms with van der Waals surface area (Å²) in [6, 6.07) is 12.1. The average molecular weight is 489 g/mol. The highest BCUT2D eigenvalue weighted by Gasteiger charge is 2.33. The van der Waals surface area contributed by atoms with Crippen molar-refractivity contribution in [1.82, 2.24) is 14.7 Å². The van der Waals surface area contributed by atoms with Crippen molar-refractivity contribution >= 4 is 11.6 Å². The second-order valence-corrected chi connectivity index (χ2v) is 8.23. The standard InChI is InChI=1S/C25H27F3N4O3/c1-31-22(8-9-29-31)20-17-19(6-7-23(20)35-15-12-32-10-13-34-14-11-32)30-24(33)16-18-4-2-3-5-21(18)25(26,27)28/h2-9,17H,10-16H2,1H3,(H,30,33). The molecule has 0 aliphatic carbocycles. The largest absolute Gasteiger partial charge is 0.492 e. The van der Waals surface area contributed by atoms with Gasteiger partial charge in [0.15, 0.2) is 0 Å². The zero-order valence-corrected chi connectivity index (χ0v) is 19.3. The molecule has 35 heavy (non-hydrogen) atoms. The van der Waals surface area contributed by atoms with Crippen LogP contribution < -0.4 is 10.1 Å². The first-order chi connectivity index (χ1) is 16.8. The molecule has 1 fully saturated rings. The predicted octanol–water partition coefficient (Wildman–Crippen LogP) is 4.00. The van der Waals surface area contributed by atoms with Crippen LogP contribution >= 0.6 is 0 Å². The minimum absolute atomic E-state index is 0.0765. The van der Waals surface area contributed by atoms with E-state index in [1.807, 2.05) is 6.07 Å². The number of aromatic nitrogens is 2. The number of aryl methyl sites for hydroxylation is 1. The van der Waals surface area contributed by atoms with Crippen LogP contribution in [0.4, 0.5) is 18.9 Å². The van der Waals surface area contributed by atoms with Gasteiger partial charge in [-0.15, -0.1) is 0 Å². The predicted molar refractivity (Wildman–Crippen MR) is 125 cm³/mol. The molecule has 10 heteroatoms. The van der Waals surface area contributed by atoms with Crippen molar-refractivity contribution < 1.29 is 27.4 Å². The zero-order chi connectivity index (χ0) is 24.8. The maximum atomic E-state index is 13.3. The van der Waals surface area contributed by atoms with Gasteiger partial charge in [0.25, 0.3) is 0 Å². The Kier molecular flexibility index (Phi) is 7.72. The average Bonchev–Trinajstić information content (AvgIpc) is 3.26. The molecule has 186 valence electrons. The Morgan fingerprint density at radius 1 is 1.14 bits per heavy atom. The van der Waals surface area contributed by atoms with Gasteiger partial charge in [-0.1, -0.05) is 18.2 Å². The molecular weight excluding hydrogens is 461 g/mol. The van der Waals surface area contributed by atoms with Crippen molar-refractivity contribution in [2.24, 2.45) is 7.05 Å². The Morgan fingerprint density at radius 2 is 1.91 bits per heavy atom. The Morgan fingerprint density at radius 3 is 2.63 bits per heavy atom. The van der Waals surface area contributed by atoms with Gasteiger partial charge in [-0.3, -0.25) is 14.4 Å². The van der Waals surface area contributed by atoms with Crippen molar-refractivity contribution in [3.8, 4) is 17.0 Å². The molecular formula is C25H27F3N4O3. The molecule has 1 saturated heterocycles. The minimum atomic E-state index is -4.52. The Labute approximate surface area is 201 Å². The maximum Gasteiger partial charge on any atom is 0.416 e. The number of rotatable bonds is 8. The van der Waals surface area contributed by atoms with Crippen molar-refractivity contribution in [1.29, 1.82) is 0 Å². The number of anilines is 1. The van der Waals surface area contributed by atoms with Gasteiger partial charge >= 0.3 is 6.18 Å². The van der Waals surface area contributed by atoms with Crippen molar-refractivity contribution in [2.75, 3.05) is 44.8 Å². The SMILES string of the molecule is Cn1nccc1-c1cc(NC(=O)Cc2ccccc2C(F)(F)F)ccc1OCCN1CCOCC1. The highest BCUT2D eigenvalue weighted by molar-refractivity contribution is 5.93. The molecule has 0 bridgehead atoms. The van der Waals surface area contributed by atoms with Crippen LogP contribution in [-0.4, -0.2) is 60.0 Å². The van der Waals surface area contributed by atoms with E-state index in [9.17, 15) is 18.0 Å². The maximum absolute atomic E-state index is 13.3. The van der Waals surface area contributed by atoms with Gasteiger partial charge in [0.1, 0.15) is 12.4 Å². The number of halogens is 3. The molecule has 2 aromatic carbocycles. The third-order valence-electron chi connectivity index (χ3n) is 5.80. The summed E-state index contributed by atoms with van der Waals surface area (Å²) in [5, 5.41) is 6.92. The summed E-state index contributed by atoms with van der Waals surface area (Å²) in [5.74, 6) is 0.0842. The van der Waals surface area contributed by atoms with Gasteiger partial charge in [-0.25, -0.2) is 0 Å². The van der Waals surface area contributed by atoms with Gasteiger partial charge in [-0.2, -0.15) is 18.3 Å². The fourth-order valence-corrected chi connectivity index (χ4v) is 4.01. The van der Waals surface area contributed by atoms with Gasteiger partial charge < -0.3 is 14.8 Å². The second-order valence-electron chi connectivity index (χ2n) is 8.23. The molecule has 3 aromatic rings. The Bertz CT molecular complexity index is 1160. The van der Waals surface area contributed by atoms with Gasteiger partial charge in [-0.05, 0) is 35.9 Å². The van der Waals surface area contributed by atoms with E-state index in [1.54, 1.807) is 36.1 Å². The second kappa shape index (κ2) is 10.9. The summed E-state index contributed by atoms with van der Waals surface area (Å²) < 4.78 is 53.0. The van der Waals surface area contributed by atoms with E-state index < -0.39 is 24.1 Å². The van der Waals surface area contributed by atoms with Crippen LogP contribution in [0.1, 0.15) is 11.1 Å². The molecule has 0 saturated carbocycles. The smallest absolute Gasteiger partial charge is 0.416 e. The molecule has 0 spiro atoms. The van der Waals surface area contributed by atoms with Crippen molar-refractivity contribution in [3.05, 3.63) is 65.9 Å². The van der Waals surface area contributed by atoms with Crippen LogP contribution in [0, 0.1) is 0 Å². The first-order valence-electron chi connectivity index (χ1n) is 11.3. The number of nitrogens with zero attached hydrogens (tertiary/aromatic N) is 3. The third kappa shape index (κ3) is 6.40. The summed E-state index contributed by atoms with van der Waals surface area (Å²) >= 11 is 0. The first kappa shape index (κ1) is 24.7. The zero-order valence-electron chi connectivity index (χ0n) is 19.3. The Hall–Kier alpha value is -3.37. The number of benzene rings is 2. The summed E-state index contributed by atoms with van der Waals surface area (Å²) in [5.41, 5.74) is 1.07. The van der Waals surface area contributed by atoms with E-state index >= 15 is 0 Å². The molecule has 7 nitrogen and oxygen atoms in total. The fraction of sp³-hybridized carbons (Fsp3) is 0.360. The van der Waals surface area contributed by atoms with Crippen LogP contribution in [0.25, 0.3) is 11.3 Å². The number of hydrogen-bond acceptors (Lipinski definition) is 5. The molecule has 2 heterocycles. The minimum Gasteiger partial charge on any atom is -0.492 e. The number of nitrogens with one attached hydrogen (secondary N) is 1. The monoisotopic (exact) mass is 488 g/mol. The van der Waals surface area contributed by atoms with E-state index in [4.69, 9.17) is 9.47 Å². The molecule has 1 aliphatic rings. The lowest BCUT2D eigenvalue weighted by molar-refractivity contribution is -0.138. The van der Waals surface area contributed by atoms with E-state index in [2.05, 4.69) is 15.3 Å². The number of amides is 1. The van der Waals surface area contributed by atoms with Crippen molar-refractivity contribution in [3.63, 3.8) is 0 Å². The topological polar surface area (TPSA) is 68.6 Å². The molecule has 1 N–H and O–H groups in total. The van der Waals surface area contributed by atoms with Gasteiger partial charge in [0.05, 0.1) is 30.9 Å². The van der Waals surface area contributed by atoms with E-state index in [1.165, 1.54) is 18.2 Å². The van der Waals surface area contributed by atoms with Crippen LogP contribution in [0.3, 0.4) is 0 Å². The summed E-state index contributed by atoms with van der Waals surface area (Å²) in [4.78, 5) is 14.9. The number of morpholine rings is 1. The number of carbonyl (C=O) groups is 1. The quantitative estimate of drug-likeness (QED) is 0.519. The number of carbonyl (C=O) groups excluding carboxylic acids is 1. The summed E-state index contributed by atoms with van der Waals surface area (Å²) in [6.45, 7) is 4.38. The summed E-state index contributed by atoms with van der Waals surface area (Å²) in [7, 11) is 1.80. The molecule has 4 rings (SSSR count). The van der Waals surface area contributed by atoms with Crippen LogP contribution in [0.15, 0.2) is 54.7 Å². The van der Waals surface area contributed by atoms with Gasteiger partial charge in [0.2, 0.25) is 5.91 Å². The first-order valence-corrected chi connectivity index (χ1v) is 11.3.